The molecule has 0 spiro atoms. The van der Waals surface area contributed by atoms with Crippen molar-refractivity contribution in [3.8, 4) is 11.5 Å². The van der Waals surface area contributed by atoms with Crippen LogP contribution in [0, 0.1) is 19.1 Å². The Labute approximate surface area is 258 Å². The van der Waals surface area contributed by atoms with E-state index in [0.717, 1.165) is 44.5 Å². The molecule has 3 aromatic heterocycles. The molecule has 208 valence electrons. The minimum Gasteiger partial charge on any atom is -0.503 e. The summed E-state index contributed by atoms with van der Waals surface area (Å²) in [6.45, 7) is 6.27. The fourth-order valence-corrected chi connectivity index (χ4v) is 5.20. The van der Waals surface area contributed by atoms with Crippen LogP contribution < -0.4 is 9.64 Å². The van der Waals surface area contributed by atoms with Gasteiger partial charge in [0, 0.05) is 23.4 Å². The molecular weight excluding hydrogens is 701 g/mol. The molecule has 0 unspecified atom stereocenters. The largest absolute Gasteiger partial charge is 2.00 e. The number of ether oxygens (including phenoxy) is 1. The first-order chi connectivity index (χ1) is 20.0. The van der Waals surface area contributed by atoms with Gasteiger partial charge in [-0.2, -0.15) is 11.2 Å². The number of benzene rings is 4. The number of nitrogens with zero attached hydrogens (tertiary/aromatic N) is 5. The summed E-state index contributed by atoms with van der Waals surface area (Å²) in [6.07, 6.45) is 1.86. The SMILES string of the molecule is Cc1nc2c3[c-]c(Oc4[c-]c(N(c5ccccc5)c5cc(C(C)C)ccn5)ccc4)ccc3c3ccccc3n2n1.[Pt+2]. The van der Waals surface area contributed by atoms with Gasteiger partial charge in [-0.25, -0.2) is 4.98 Å². The van der Waals surface area contributed by atoms with Crippen molar-refractivity contribution < 1.29 is 25.8 Å². The molecule has 0 radical (unpaired) electrons. The number of hydrogen-bond acceptors (Lipinski definition) is 5. The average Bonchev–Trinajstić information content (AvgIpc) is 3.40. The van der Waals surface area contributed by atoms with E-state index in [9.17, 15) is 0 Å². The normalized spacial score (nSPS) is 11.2. The molecule has 0 saturated heterocycles. The Morgan fingerprint density at radius 1 is 0.810 bits per heavy atom. The molecule has 0 bridgehead atoms. The molecule has 42 heavy (non-hydrogen) atoms. The van der Waals surface area contributed by atoms with E-state index < -0.39 is 0 Å². The molecule has 0 aliphatic rings. The summed E-state index contributed by atoms with van der Waals surface area (Å²) in [5, 5.41) is 7.64. The molecule has 3 heterocycles. The van der Waals surface area contributed by atoms with E-state index in [-0.39, 0.29) is 21.1 Å². The van der Waals surface area contributed by atoms with E-state index in [1.807, 2.05) is 72.2 Å². The van der Waals surface area contributed by atoms with Crippen LogP contribution in [0.1, 0.15) is 31.2 Å². The molecule has 0 aliphatic carbocycles. The molecule has 7 rings (SSSR count). The van der Waals surface area contributed by atoms with Crippen LogP contribution in [0.25, 0.3) is 27.3 Å². The second-order valence-corrected chi connectivity index (χ2v) is 10.3. The molecule has 0 fully saturated rings. The second kappa shape index (κ2) is 11.4. The number of hydrogen-bond donors (Lipinski definition) is 0. The quantitative estimate of drug-likeness (QED) is 0.127. The van der Waals surface area contributed by atoms with Gasteiger partial charge in [-0.3, -0.25) is 9.50 Å². The van der Waals surface area contributed by atoms with Crippen molar-refractivity contribution in [2.24, 2.45) is 0 Å². The molecule has 7 heteroatoms. The fraction of sp³-hybridized carbons (Fsp3) is 0.114. The van der Waals surface area contributed by atoms with Gasteiger partial charge in [0.15, 0.2) is 0 Å². The smallest absolute Gasteiger partial charge is 0.503 e. The minimum absolute atomic E-state index is 0. The van der Waals surface area contributed by atoms with Gasteiger partial charge in [0.2, 0.25) is 0 Å². The second-order valence-electron chi connectivity index (χ2n) is 10.3. The fourth-order valence-electron chi connectivity index (χ4n) is 5.20. The molecule has 0 amide bonds. The Morgan fingerprint density at radius 2 is 1.60 bits per heavy atom. The van der Waals surface area contributed by atoms with Crippen LogP contribution in [0.4, 0.5) is 17.2 Å². The summed E-state index contributed by atoms with van der Waals surface area (Å²) in [5.41, 5.74) is 4.80. The number of rotatable bonds is 6. The van der Waals surface area contributed by atoms with E-state index in [2.05, 4.69) is 78.4 Å². The summed E-state index contributed by atoms with van der Waals surface area (Å²) in [6, 6.07) is 39.4. The van der Waals surface area contributed by atoms with E-state index in [4.69, 9.17) is 14.7 Å². The number of aryl methyl sites for hydroxylation is 1. The van der Waals surface area contributed by atoms with Crippen LogP contribution in [-0.2, 0) is 21.1 Å². The third-order valence-corrected chi connectivity index (χ3v) is 7.17. The van der Waals surface area contributed by atoms with Crippen LogP contribution in [0.3, 0.4) is 0 Å². The first-order valence-corrected chi connectivity index (χ1v) is 13.7. The Morgan fingerprint density at radius 3 is 2.43 bits per heavy atom. The predicted molar refractivity (Wildman–Crippen MR) is 163 cm³/mol. The van der Waals surface area contributed by atoms with Crippen LogP contribution in [0.2, 0.25) is 0 Å². The number of para-hydroxylation sites is 2. The molecule has 0 saturated carbocycles. The molecule has 7 aromatic rings. The summed E-state index contributed by atoms with van der Waals surface area (Å²) in [7, 11) is 0. The Balaban J connectivity index is 0.00000316. The summed E-state index contributed by atoms with van der Waals surface area (Å²) in [4.78, 5) is 11.5. The number of pyridine rings is 2. The molecule has 4 aromatic carbocycles. The molecular formula is C35H27N5OPt. The zero-order chi connectivity index (χ0) is 27.9. The van der Waals surface area contributed by atoms with Crippen molar-refractivity contribution in [1.29, 1.82) is 0 Å². The van der Waals surface area contributed by atoms with E-state index >= 15 is 0 Å². The van der Waals surface area contributed by atoms with Crippen molar-refractivity contribution in [2.75, 3.05) is 4.90 Å². The van der Waals surface area contributed by atoms with Crippen LogP contribution in [0.15, 0.2) is 103 Å². The maximum Gasteiger partial charge on any atom is 2.00 e. The van der Waals surface area contributed by atoms with Gasteiger partial charge in [0.1, 0.15) is 11.6 Å². The van der Waals surface area contributed by atoms with Crippen molar-refractivity contribution in [1.82, 2.24) is 19.6 Å². The standard InChI is InChI=1S/C35H27N5O.Pt/c1-23(2)25-18-19-36-34(20-25)39(26-10-5-4-6-11-26)27-12-9-13-28(21-27)41-29-16-17-30-31-14-7-8-15-33(31)40-35(32(30)22-29)37-24(3)38-40;/h4-20,23H,1-3H3;/q-2;+2. The van der Waals surface area contributed by atoms with Crippen molar-refractivity contribution in [2.45, 2.75) is 26.7 Å². The average molecular weight is 729 g/mol. The van der Waals surface area contributed by atoms with Crippen LogP contribution >= 0.6 is 0 Å². The minimum atomic E-state index is 0. The third kappa shape index (κ3) is 5.03. The predicted octanol–water partition coefficient (Wildman–Crippen LogP) is 8.72. The summed E-state index contributed by atoms with van der Waals surface area (Å²) < 4.78 is 8.25. The molecule has 0 aliphatic heterocycles. The van der Waals surface area contributed by atoms with Gasteiger partial charge in [-0.1, -0.05) is 72.8 Å². The zero-order valence-corrected chi connectivity index (χ0v) is 25.6. The van der Waals surface area contributed by atoms with Crippen LogP contribution in [-0.4, -0.2) is 19.6 Å². The monoisotopic (exact) mass is 728 g/mol. The van der Waals surface area contributed by atoms with E-state index in [0.29, 0.717) is 23.2 Å². The van der Waals surface area contributed by atoms with Gasteiger partial charge in [-0.15, -0.1) is 30.3 Å². The zero-order valence-electron chi connectivity index (χ0n) is 23.4. The molecule has 6 nitrogen and oxygen atoms in total. The molecule has 0 atom stereocenters. The van der Waals surface area contributed by atoms with Crippen molar-refractivity contribution in [3.05, 3.63) is 127 Å². The summed E-state index contributed by atoms with van der Waals surface area (Å²) >= 11 is 0. The summed E-state index contributed by atoms with van der Waals surface area (Å²) in [5.74, 6) is 3.07. The van der Waals surface area contributed by atoms with Crippen LogP contribution in [0.5, 0.6) is 11.5 Å². The van der Waals surface area contributed by atoms with Crippen molar-refractivity contribution in [3.63, 3.8) is 0 Å². The van der Waals surface area contributed by atoms with Crippen molar-refractivity contribution >= 4 is 44.5 Å². The first-order valence-electron chi connectivity index (χ1n) is 13.7. The van der Waals surface area contributed by atoms with E-state index in [1.165, 1.54) is 5.56 Å². The number of aromatic nitrogens is 4. The van der Waals surface area contributed by atoms with Gasteiger partial charge in [-0.05, 0) is 54.1 Å². The van der Waals surface area contributed by atoms with Gasteiger partial charge < -0.3 is 9.64 Å². The topological polar surface area (TPSA) is 55.5 Å². The van der Waals surface area contributed by atoms with E-state index in [1.54, 1.807) is 0 Å². The Kier molecular flexibility index (Phi) is 7.49. The maximum atomic E-state index is 6.36. The van der Waals surface area contributed by atoms with Gasteiger partial charge in [0.05, 0.1) is 11.2 Å². The van der Waals surface area contributed by atoms with Gasteiger partial charge in [0.25, 0.3) is 0 Å². The maximum absolute atomic E-state index is 6.36. The third-order valence-electron chi connectivity index (χ3n) is 7.17. The molecule has 0 N–H and O–H groups in total. The number of anilines is 3. The Hall–Kier alpha value is -4.54. The van der Waals surface area contributed by atoms with Gasteiger partial charge >= 0.3 is 21.1 Å². The Bertz CT molecular complexity index is 2040. The first kappa shape index (κ1) is 27.6. The number of fused-ring (bicyclic) bond motifs is 6.